The smallest absolute Gasteiger partial charge is 0.144 e. The first-order valence-corrected chi connectivity index (χ1v) is 6.82. The molecule has 0 spiro atoms. The van der Waals surface area contributed by atoms with Gasteiger partial charge in [0.1, 0.15) is 11.6 Å². The van der Waals surface area contributed by atoms with Gasteiger partial charge in [0.05, 0.1) is 4.47 Å². The number of aliphatic hydroxyl groups excluding tert-OH is 1. The van der Waals surface area contributed by atoms with Crippen LogP contribution in [0.4, 0.5) is 8.78 Å². The third-order valence-electron chi connectivity index (χ3n) is 2.10. The summed E-state index contributed by atoms with van der Waals surface area (Å²) in [6, 6.07) is 2.60. The maximum absolute atomic E-state index is 13.5. The second-order valence-corrected chi connectivity index (χ2v) is 5.51. The Labute approximate surface area is 106 Å². The number of hydrogen-bond acceptors (Lipinski definition) is 2. The average molecular weight is 311 g/mol. The molecule has 1 aromatic rings. The van der Waals surface area contributed by atoms with E-state index in [-0.39, 0.29) is 28.3 Å². The molecule has 0 aliphatic rings. The summed E-state index contributed by atoms with van der Waals surface area (Å²) in [6.07, 6.45) is 0. The topological polar surface area (TPSA) is 20.2 Å². The normalized spacial score (nSPS) is 12.8. The minimum atomic E-state index is -0.538. The standard InChI is InChI=1S/C11H13BrF2OS/c1-7(4-15)5-16-6-8-10(13)3-2-9(12)11(8)14/h2-3,7,15H,4-6H2,1H3. The summed E-state index contributed by atoms with van der Waals surface area (Å²) in [5.74, 6) is 0.0425. The van der Waals surface area contributed by atoms with Gasteiger partial charge in [-0.05, 0) is 39.7 Å². The van der Waals surface area contributed by atoms with Crippen molar-refractivity contribution in [1.29, 1.82) is 0 Å². The highest BCUT2D eigenvalue weighted by molar-refractivity contribution is 9.10. The zero-order valence-electron chi connectivity index (χ0n) is 8.84. The Morgan fingerprint density at radius 2 is 2.12 bits per heavy atom. The van der Waals surface area contributed by atoms with E-state index >= 15 is 0 Å². The van der Waals surface area contributed by atoms with E-state index in [1.165, 1.54) is 23.9 Å². The molecule has 0 saturated heterocycles. The number of hydrogen-bond donors (Lipinski definition) is 1. The van der Waals surface area contributed by atoms with Crippen LogP contribution in [0.2, 0.25) is 0 Å². The molecule has 1 aromatic carbocycles. The van der Waals surface area contributed by atoms with Gasteiger partial charge in [0.25, 0.3) is 0 Å². The Morgan fingerprint density at radius 1 is 1.44 bits per heavy atom. The summed E-state index contributed by atoms with van der Waals surface area (Å²) in [7, 11) is 0. The first kappa shape index (κ1) is 13.9. The minimum absolute atomic E-state index is 0.0875. The fourth-order valence-corrected chi connectivity index (χ4v) is 2.58. The van der Waals surface area contributed by atoms with Gasteiger partial charge in [-0.2, -0.15) is 11.8 Å². The molecule has 1 atom stereocenters. The van der Waals surface area contributed by atoms with Gasteiger partial charge >= 0.3 is 0 Å². The van der Waals surface area contributed by atoms with Gasteiger partial charge in [0.15, 0.2) is 0 Å². The van der Waals surface area contributed by atoms with Crippen LogP contribution < -0.4 is 0 Å². The molecule has 0 saturated carbocycles. The number of aliphatic hydroxyl groups is 1. The Morgan fingerprint density at radius 3 is 2.75 bits per heavy atom. The first-order valence-electron chi connectivity index (χ1n) is 4.87. The van der Waals surface area contributed by atoms with Crippen LogP contribution in [0, 0.1) is 17.6 Å². The van der Waals surface area contributed by atoms with Gasteiger partial charge in [0.2, 0.25) is 0 Å². The van der Waals surface area contributed by atoms with Gasteiger partial charge in [-0.25, -0.2) is 8.78 Å². The van der Waals surface area contributed by atoms with Gasteiger partial charge in [-0.1, -0.05) is 6.92 Å². The molecule has 0 aliphatic heterocycles. The molecule has 90 valence electrons. The van der Waals surface area contributed by atoms with E-state index in [4.69, 9.17) is 5.11 Å². The SMILES string of the molecule is CC(CO)CSCc1c(F)ccc(Br)c1F. The van der Waals surface area contributed by atoms with E-state index in [0.29, 0.717) is 5.75 Å². The molecule has 0 bridgehead atoms. The molecular weight excluding hydrogens is 298 g/mol. The van der Waals surface area contributed by atoms with E-state index in [0.717, 1.165) is 0 Å². The predicted octanol–water partition coefficient (Wildman–Crippen LogP) is 3.59. The molecule has 0 aromatic heterocycles. The molecule has 16 heavy (non-hydrogen) atoms. The molecule has 5 heteroatoms. The molecule has 1 unspecified atom stereocenters. The van der Waals surface area contributed by atoms with E-state index in [1.54, 1.807) is 0 Å². The number of benzene rings is 1. The Hall–Kier alpha value is -0.130. The van der Waals surface area contributed by atoms with Crippen LogP contribution in [0.25, 0.3) is 0 Å². The van der Waals surface area contributed by atoms with Crippen molar-refractivity contribution < 1.29 is 13.9 Å². The average Bonchev–Trinajstić information content (AvgIpc) is 2.28. The van der Waals surface area contributed by atoms with E-state index in [9.17, 15) is 8.78 Å². The van der Waals surface area contributed by atoms with Crippen molar-refractivity contribution in [3.63, 3.8) is 0 Å². The van der Waals surface area contributed by atoms with Crippen LogP contribution in [-0.2, 0) is 5.75 Å². The summed E-state index contributed by atoms with van der Waals surface area (Å²) in [5, 5.41) is 8.82. The van der Waals surface area contributed by atoms with Crippen molar-refractivity contribution in [2.75, 3.05) is 12.4 Å². The van der Waals surface area contributed by atoms with Gasteiger partial charge in [-0.3, -0.25) is 0 Å². The maximum Gasteiger partial charge on any atom is 0.144 e. The van der Waals surface area contributed by atoms with Crippen LogP contribution in [0.3, 0.4) is 0 Å². The lowest BCUT2D eigenvalue weighted by molar-refractivity contribution is 0.250. The van der Waals surface area contributed by atoms with Crippen molar-refractivity contribution >= 4 is 27.7 Å². The Balaban J connectivity index is 2.63. The van der Waals surface area contributed by atoms with Crippen LogP contribution >= 0.6 is 27.7 Å². The van der Waals surface area contributed by atoms with Crippen molar-refractivity contribution in [2.45, 2.75) is 12.7 Å². The number of rotatable bonds is 5. The molecule has 0 fully saturated rings. The van der Waals surface area contributed by atoms with E-state index in [2.05, 4.69) is 15.9 Å². The summed E-state index contributed by atoms with van der Waals surface area (Å²) in [6.45, 7) is 1.98. The summed E-state index contributed by atoms with van der Waals surface area (Å²) in [4.78, 5) is 0. The monoisotopic (exact) mass is 310 g/mol. The number of thioether (sulfide) groups is 1. The molecule has 1 rings (SSSR count). The van der Waals surface area contributed by atoms with Crippen molar-refractivity contribution in [1.82, 2.24) is 0 Å². The largest absolute Gasteiger partial charge is 0.396 e. The molecule has 0 radical (unpaired) electrons. The van der Waals surface area contributed by atoms with Crippen molar-refractivity contribution in [3.8, 4) is 0 Å². The predicted molar refractivity (Wildman–Crippen MR) is 66.5 cm³/mol. The van der Waals surface area contributed by atoms with Crippen molar-refractivity contribution in [2.24, 2.45) is 5.92 Å². The second-order valence-electron chi connectivity index (χ2n) is 3.62. The van der Waals surface area contributed by atoms with Crippen LogP contribution in [0.1, 0.15) is 12.5 Å². The molecule has 0 amide bonds. The lowest BCUT2D eigenvalue weighted by Crippen LogP contribution is -2.04. The van der Waals surface area contributed by atoms with Crippen LogP contribution in [0.5, 0.6) is 0 Å². The van der Waals surface area contributed by atoms with Gasteiger partial charge in [0, 0.05) is 17.9 Å². The minimum Gasteiger partial charge on any atom is -0.396 e. The summed E-state index contributed by atoms with van der Waals surface area (Å²) < 4.78 is 27.1. The third-order valence-corrected chi connectivity index (χ3v) is 4.01. The van der Waals surface area contributed by atoms with E-state index in [1.807, 2.05) is 6.92 Å². The fraction of sp³-hybridized carbons (Fsp3) is 0.455. The highest BCUT2D eigenvalue weighted by Crippen LogP contribution is 2.25. The third kappa shape index (κ3) is 3.71. The quantitative estimate of drug-likeness (QED) is 0.839. The number of halogens is 3. The highest BCUT2D eigenvalue weighted by Gasteiger charge is 2.12. The zero-order chi connectivity index (χ0) is 12.1. The van der Waals surface area contributed by atoms with Gasteiger partial charge in [-0.15, -0.1) is 0 Å². The molecule has 1 N–H and O–H groups in total. The fourth-order valence-electron chi connectivity index (χ4n) is 1.12. The van der Waals surface area contributed by atoms with E-state index < -0.39 is 11.6 Å². The lowest BCUT2D eigenvalue weighted by Gasteiger charge is -2.09. The van der Waals surface area contributed by atoms with Gasteiger partial charge < -0.3 is 5.11 Å². The summed E-state index contributed by atoms with van der Waals surface area (Å²) in [5.41, 5.74) is 0.0875. The molecule has 0 aliphatic carbocycles. The Kier molecular flexibility index (Phi) is 5.72. The Bertz CT molecular complexity index is 360. The van der Waals surface area contributed by atoms with Crippen LogP contribution in [0.15, 0.2) is 16.6 Å². The zero-order valence-corrected chi connectivity index (χ0v) is 11.2. The van der Waals surface area contributed by atoms with Crippen LogP contribution in [-0.4, -0.2) is 17.5 Å². The highest BCUT2D eigenvalue weighted by atomic mass is 79.9. The molecule has 1 nitrogen and oxygen atoms in total. The lowest BCUT2D eigenvalue weighted by atomic mass is 10.2. The maximum atomic E-state index is 13.5. The van der Waals surface area contributed by atoms with Crippen molar-refractivity contribution in [3.05, 3.63) is 33.8 Å². The first-order chi connectivity index (χ1) is 7.56. The molecular formula is C11H13BrF2OS. The molecule has 0 heterocycles. The second kappa shape index (κ2) is 6.57. The summed E-state index contributed by atoms with van der Waals surface area (Å²) >= 11 is 4.44.